The Morgan fingerprint density at radius 1 is 0.157 bits per heavy atom. The molecular formula is C122H220O12. The third-order valence-corrected chi connectivity index (χ3v) is 38.3. The molecule has 16 aliphatic rings. The van der Waals surface area contributed by atoms with Crippen molar-refractivity contribution in [3.05, 3.63) is 0 Å². The average Bonchev–Trinajstić information content (AvgIpc) is 0.850. The average molecular weight is 1880 g/mol. The molecule has 134 heavy (non-hydrogen) atoms. The van der Waals surface area contributed by atoms with Crippen LogP contribution < -0.4 is 0 Å². The van der Waals surface area contributed by atoms with Crippen LogP contribution in [0, 0.1) is 154 Å². The molecule has 6 aliphatic heterocycles. The lowest BCUT2D eigenvalue weighted by molar-refractivity contribution is -0.163. The van der Waals surface area contributed by atoms with Crippen LogP contribution >= 0.6 is 0 Å². The van der Waals surface area contributed by atoms with E-state index in [2.05, 4.69) is 55.4 Å². The predicted octanol–water partition coefficient (Wildman–Crippen LogP) is 34.9. The highest BCUT2D eigenvalue weighted by Gasteiger charge is 2.40. The fraction of sp³-hybridized carbons (Fsp3) is 0.951. The molecule has 12 heteroatoms. The molecule has 0 aromatic heterocycles. The van der Waals surface area contributed by atoms with Gasteiger partial charge in [0.1, 0.15) is 24.4 Å². The van der Waals surface area contributed by atoms with Gasteiger partial charge in [0.15, 0.2) is 0 Å². The van der Waals surface area contributed by atoms with Gasteiger partial charge in [-0.1, -0.05) is 356 Å². The van der Waals surface area contributed by atoms with Crippen LogP contribution in [-0.4, -0.2) is 72.4 Å². The summed E-state index contributed by atoms with van der Waals surface area (Å²) in [4.78, 5) is 71.6. The van der Waals surface area contributed by atoms with Gasteiger partial charge in [-0.15, -0.1) is 0 Å². The van der Waals surface area contributed by atoms with E-state index in [0.29, 0.717) is 0 Å². The Bertz CT molecular complexity index is 3120. The maximum atomic E-state index is 12.4. The van der Waals surface area contributed by atoms with Crippen molar-refractivity contribution in [3.8, 4) is 0 Å². The highest BCUT2D eigenvalue weighted by atomic mass is 16.6. The van der Waals surface area contributed by atoms with Crippen molar-refractivity contribution in [2.45, 2.75) is 586 Å². The van der Waals surface area contributed by atoms with E-state index in [0.717, 1.165) is 247 Å². The van der Waals surface area contributed by atoms with Crippen LogP contribution in [0.4, 0.5) is 0 Å². The number of rotatable bonds is 26. The van der Waals surface area contributed by atoms with Crippen molar-refractivity contribution in [1.82, 2.24) is 0 Å². The quantitative estimate of drug-likeness (QED) is 0.0597. The Morgan fingerprint density at radius 3 is 0.604 bits per heavy atom. The van der Waals surface area contributed by atoms with Crippen molar-refractivity contribution in [1.29, 1.82) is 0 Å². The van der Waals surface area contributed by atoms with E-state index >= 15 is 0 Å². The van der Waals surface area contributed by atoms with E-state index in [1.54, 1.807) is 0 Å². The zero-order valence-corrected chi connectivity index (χ0v) is 86.5. The maximum absolute atomic E-state index is 12.4. The van der Waals surface area contributed by atoms with E-state index in [4.69, 9.17) is 28.4 Å². The van der Waals surface area contributed by atoms with Gasteiger partial charge in [0, 0.05) is 0 Å². The maximum Gasteiger partial charge on any atom is 0.309 e. The Hall–Kier alpha value is -3.18. The largest absolute Gasteiger partial charge is 0.462 e. The molecule has 780 valence electrons. The van der Waals surface area contributed by atoms with Crippen molar-refractivity contribution in [2.75, 3.05) is 0 Å². The smallest absolute Gasteiger partial charge is 0.309 e. The summed E-state index contributed by atoms with van der Waals surface area (Å²) in [6.45, 7) is 27.0. The first-order valence-electron chi connectivity index (χ1n) is 57.9. The third kappa shape index (κ3) is 43.2. The molecule has 6 heterocycles. The third-order valence-electron chi connectivity index (χ3n) is 38.3. The first-order valence-corrected chi connectivity index (χ1v) is 57.9. The fourth-order valence-corrected chi connectivity index (χ4v) is 27.6. The molecule has 0 amide bonds. The Labute approximate surface area is 828 Å². The summed E-state index contributed by atoms with van der Waals surface area (Å²) in [6.07, 6.45) is 89.6. The van der Waals surface area contributed by atoms with Crippen LogP contribution in [0.25, 0.3) is 0 Å². The SMILES string of the molecule is C.C.C.C.CC1CCC(CC2CCC(CCC3CCC(C)C(=O)O3)CC2)CC1.CC1CCC(CC2CCC(CCC3CCC(C)OC3=O)CC2)CC1.CC1CCC(CCC2CCC(C)C(=O)O2)CC1.CC1CCC(CCC2CCC(C)OC2=O)CC1.CC1CCC(CCC2CCC(CC3CCC(C)CC3)C(=O)O2)CC1.CC1CCC(CCC2CCC(CC3CCC(C)CC3)OC2=O)CC1. The van der Waals surface area contributed by atoms with Gasteiger partial charge < -0.3 is 28.4 Å². The van der Waals surface area contributed by atoms with E-state index in [1.165, 1.54) is 308 Å². The molecule has 0 spiro atoms. The van der Waals surface area contributed by atoms with Gasteiger partial charge in [-0.3, -0.25) is 28.8 Å². The Balaban J connectivity index is 0.000000219. The standard InChI is InChI=1S/4C22H38O2.2C15H26O2.4CH4/c1-16-3-7-18(8-4-16)11-13-21-14-12-20(22(23)24-21)15-19-9-5-17(2)6-10-19;1-16-3-7-18(8-4-16)11-12-20-13-14-21(24-22(20)23)15-19-9-5-17(2)6-10-19;1-16-3-6-19(7-4-16)15-20-10-8-18(9-11-20)12-14-21-13-5-17(2)24-22(21)23;1-16-3-6-19(7-4-16)15-20-10-8-18(9-11-20)12-14-21-13-5-17(2)22(23)24-21;1-11-3-6-13(7-4-11)8-10-14-9-5-12(2)17-15(14)16;1-11-3-6-13(7-4-11)8-10-14-9-5-12(2)15(16)17-14;;;;/h4*16-21H,3-15H2,1-2H3;2*11-14H,3-10H2,1-2H3;4*1H4. The number of ether oxygens (including phenoxy) is 6. The lowest BCUT2D eigenvalue weighted by Gasteiger charge is -2.34. The molecule has 10 aliphatic carbocycles. The molecule has 12 atom stereocenters. The zero-order chi connectivity index (χ0) is 92.3. The van der Waals surface area contributed by atoms with Gasteiger partial charge in [0.05, 0.1) is 47.7 Å². The number of cyclic esters (lactones) is 6. The number of carbonyl (C=O) groups is 6. The number of hydrogen-bond donors (Lipinski definition) is 0. The summed E-state index contributed by atoms with van der Waals surface area (Å²) in [7, 11) is 0. The van der Waals surface area contributed by atoms with E-state index in [-0.39, 0.29) is 138 Å². The first kappa shape index (κ1) is 118. The minimum Gasteiger partial charge on any atom is -0.462 e. The molecule has 0 radical (unpaired) electrons. The molecule has 12 nitrogen and oxygen atoms in total. The minimum absolute atomic E-state index is 0. The normalized spacial score (nSPS) is 39.2. The molecule has 0 aromatic rings. The van der Waals surface area contributed by atoms with Gasteiger partial charge >= 0.3 is 35.8 Å². The van der Waals surface area contributed by atoms with Gasteiger partial charge in [-0.2, -0.15) is 0 Å². The molecule has 16 fully saturated rings. The molecule has 12 unspecified atom stereocenters. The highest BCUT2D eigenvalue weighted by Crippen LogP contribution is 2.47. The zero-order valence-electron chi connectivity index (χ0n) is 86.5. The van der Waals surface area contributed by atoms with Crippen molar-refractivity contribution in [2.24, 2.45) is 154 Å². The van der Waals surface area contributed by atoms with Crippen LogP contribution in [0.15, 0.2) is 0 Å². The highest BCUT2D eigenvalue weighted by molar-refractivity contribution is 5.75. The molecule has 0 N–H and O–H groups in total. The summed E-state index contributed by atoms with van der Waals surface area (Å²) in [5, 5.41) is 0. The molecule has 6 saturated heterocycles. The van der Waals surface area contributed by atoms with Crippen molar-refractivity contribution < 1.29 is 57.2 Å². The molecule has 16 rings (SSSR count). The Kier molecular flexibility index (Phi) is 55.4. The summed E-state index contributed by atoms with van der Waals surface area (Å²) in [5.41, 5.74) is 0. The topological polar surface area (TPSA) is 158 Å². The van der Waals surface area contributed by atoms with E-state index in [9.17, 15) is 28.8 Å². The van der Waals surface area contributed by atoms with Crippen LogP contribution in [0.3, 0.4) is 0 Å². The summed E-state index contributed by atoms with van der Waals surface area (Å²) < 4.78 is 33.5. The van der Waals surface area contributed by atoms with Gasteiger partial charge in [0.2, 0.25) is 0 Å². The van der Waals surface area contributed by atoms with Crippen molar-refractivity contribution >= 4 is 35.8 Å². The lowest BCUT2D eigenvalue weighted by Crippen LogP contribution is -2.33. The first-order chi connectivity index (χ1) is 62.7. The van der Waals surface area contributed by atoms with Crippen LogP contribution in [0.2, 0.25) is 0 Å². The molecular weight excluding hydrogens is 1660 g/mol. The lowest BCUT2D eigenvalue weighted by atomic mass is 9.72. The van der Waals surface area contributed by atoms with Gasteiger partial charge in [-0.25, -0.2) is 0 Å². The van der Waals surface area contributed by atoms with Crippen LogP contribution in [0.1, 0.15) is 549 Å². The predicted molar refractivity (Wildman–Crippen MR) is 559 cm³/mol. The molecule has 0 bridgehead atoms. The summed E-state index contributed by atoms with van der Waals surface area (Å²) >= 11 is 0. The number of carbonyl (C=O) groups excluding carboxylic acids is 6. The van der Waals surface area contributed by atoms with E-state index < -0.39 is 0 Å². The summed E-state index contributed by atoms with van der Waals surface area (Å²) in [5.74, 6) is 19.9. The van der Waals surface area contributed by atoms with Crippen LogP contribution in [0.5, 0.6) is 0 Å². The fourth-order valence-electron chi connectivity index (χ4n) is 27.6. The number of esters is 6. The molecule has 0 aromatic carbocycles. The minimum atomic E-state index is 0. The second-order valence-electron chi connectivity index (χ2n) is 50.0. The van der Waals surface area contributed by atoms with Crippen LogP contribution in [-0.2, 0) is 57.2 Å². The van der Waals surface area contributed by atoms with Gasteiger partial charge in [-0.05, 0) is 312 Å². The van der Waals surface area contributed by atoms with Gasteiger partial charge in [0.25, 0.3) is 0 Å². The summed E-state index contributed by atoms with van der Waals surface area (Å²) in [6, 6.07) is 0. The van der Waals surface area contributed by atoms with Crippen molar-refractivity contribution in [3.63, 3.8) is 0 Å². The monoisotopic (exact) mass is 1880 g/mol. The Morgan fingerprint density at radius 2 is 0.343 bits per heavy atom. The molecule has 10 saturated carbocycles. The number of hydrogen-bond acceptors (Lipinski definition) is 12. The van der Waals surface area contributed by atoms with E-state index in [1.807, 2.05) is 27.7 Å². The second kappa shape index (κ2) is 63.1. The second-order valence-corrected chi connectivity index (χ2v) is 50.0.